The molecule has 7 heteroatoms. The first-order chi connectivity index (χ1) is 13.5. The zero-order chi connectivity index (χ0) is 20.0. The van der Waals surface area contributed by atoms with Crippen LogP contribution >= 0.6 is 0 Å². The number of nitrogens with zero attached hydrogens (tertiary/aromatic N) is 6. The van der Waals surface area contributed by atoms with Crippen LogP contribution in [-0.4, -0.2) is 52.2 Å². The number of ether oxygens (including phenoxy) is 1. The van der Waals surface area contributed by atoms with Gasteiger partial charge in [-0.25, -0.2) is 9.66 Å². The second kappa shape index (κ2) is 7.13. The smallest absolute Gasteiger partial charge is 0.153 e. The van der Waals surface area contributed by atoms with E-state index in [0.29, 0.717) is 0 Å². The molecule has 4 heterocycles. The maximum atomic E-state index is 5.89. The summed E-state index contributed by atoms with van der Waals surface area (Å²) in [5.41, 5.74) is 5.61. The van der Waals surface area contributed by atoms with E-state index in [1.165, 1.54) is 11.1 Å². The molecule has 1 aromatic heterocycles. The molecule has 0 spiro atoms. The third-order valence-electron chi connectivity index (χ3n) is 5.70. The molecule has 1 aromatic rings. The zero-order valence-corrected chi connectivity index (χ0v) is 17.7. The molecule has 0 amide bonds. The van der Waals surface area contributed by atoms with Crippen LogP contribution in [0.4, 0.5) is 0 Å². The fourth-order valence-electron chi connectivity index (χ4n) is 4.27. The van der Waals surface area contributed by atoms with Crippen LogP contribution in [0, 0.1) is 6.92 Å². The minimum atomic E-state index is -0.0519. The van der Waals surface area contributed by atoms with E-state index in [4.69, 9.17) is 9.73 Å². The molecule has 1 atom stereocenters. The third-order valence-corrected chi connectivity index (χ3v) is 5.70. The maximum absolute atomic E-state index is 5.89. The Labute approximate surface area is 167 Å². The second-order valence-corrected chi connectivity index (χ2v) is 7.58. The van der Waals surface area contributed by atoms with Crippen molar-refractivity contribution in [3.63, 3.8) is 0 Å². The molecular formula is C21H30N6O. The fourth-order valence-corrected chi connectivity index (χ4v) is 4.27. The van der Waals surface area contributed by atoms with E-state index in [1.54, 1.807) is 7.11 Å². The number of hydrogen-bond donors (Lipinski definition) is 0. The first-order valence-electron chi connectivity index (χ1n) is 10.1. The number of imidazole rings is 1. The molecule has 7 nitrogen and oxygen atoms in total. The van der Waals surface area contributed by atoms with Gasteiger partial charge in [0.05, 0.1) is 17.6 Å². The number of allylic oxidation sites excluding steroid dienone is 2. The van der Waals surface area contributed by atoms with Gasteiger partial charge in [0.25, 0.3) is 0 Å². The lowest BCUT2D eigenvalue weighted by molar-refractivity contribution is -0.00433. The highest BCUT2D eigenvalue weighted by molar-refractivity contribution is 5.83. The van der Waals surface area contributed by atoms with Crippen molar-refractivity contribution >= 4 is 6.21 Å². The summed E-state index contributed by atoms with van der Waals surface area (Å²) in [5, 5.41) is 2.21. The lowest BCUT2D eigenvalue weighted by atomic mass is 10.00. The molecule has 3 aliphatic rings. The van der Waals surface area contributed by atoms with Crippen LogP contribution < -0.4 is 5.01 Å². The second-order valence-electron chi connectivity index (χ2n) is 7.58. The van der Waals surface area contributed by atoms with Gasteiger partial charge in [-0.3, -0.25) is 10.0 Å². The van der Waals surface area contributed by atoms with E-state index >= 15 is 0 Å². The summed E-state index contributed by atoms with van der Waals surface area (Å²) in [5.74, 6) is 2.21. The Morgan fingerprint density at radius 2 is 2.00 bits per heavy atom. The van der Waals surface area contributed by atoms with Crippen LogP contribution in [0.5, 0.6) is 0 Å². The summed E-state index contributed by atoms with van der Waals surface area (Å²) in [6.07, 6.45) is 8.11. The highest BCUT2D eigenvalue weighted by atomic mass is 16.5. The van der Waals surface area contributed by atoms with Crippen LogP contribution in [0.2, 0.25) is 0 Å². The molecule has 0 saturated heterocycles. The first-order valence-corrected chi connectivity index (χ1v) is 10.1. The van der Waals surface area contributed by atoms with Crippen LogP contribution in [-0.2, 0) is 11.2 Å². The summed E-state index contributed by atoms with van der Waals surface area (Å²) in [4.78, 5) is 14.2. The molecule has 28 heavy (non-hydrogen) atoms. The van der Waals surface area contributed by atoms with E-state index in [2.05, 4.69) is 64.6 Å². The number of hydrogen-bond acceptors (Lipinski definition) is 6. The average molecular weight is 383 g/mol. The van der Waals surface area contributed by atoms with Gasteiger partial charge in [0, 0.05) is 32.5 Å². The molecule has 0 bridgehead atoms. The molecule has 150 valence electrons. The largest absolute Gasteiger partial charge is 0.358 e. The molecule has 0 aliphatic carbocycles. The highest BCUT2D eigenvalue weighted by Gasteiger charge is 2.39. The molecule has 1 unspecified atom stereocenters. The van der Waals surface area contributed by atoms with Crippen LogP contribution in [0.3, 0.4) is 0 Å². The molecular weight excluding hydrogens is 352 g/mol. The zero-order valence-electron chi connectivity index (χ0n) is 17.7. The fraction of sp³-hybridized carbons (Fsp3) is 0.524. The summed E-state index contributed by atoms with van der Waals surface area (Å²) < 4.78 is 8.05. The molecule has 0 radical (unpaired) electrons. The van der Waals surface area contributed by atoms with Gasteiger partial charge < -0.3 is 14.5 Å². The molecule has 0 aromatic carbocycles. The summed E-state index contributed by atoms with van der Waals surface area (Å²) in [6.45, 7) is 12.3. The summed E-state index contributed by atoms with van der Waals surface area (Å²) in [6, 6.07) is 0. The van der Waals surface area contributed by atoms with Crippen molar-refractivity contribution in [1.29, 1.82) is 0 Å². The third kappa shape index (κ3) is 2.76. The lowest BCUT2D eigenvalue weighted by Crippen LogP contribution is -2.48. The summed E-state index contributed by atoms with van der Waals surface area (Å²) in [7, 11) is 1.79. The van der Waals surface area contributed by atoms with Gasteiger partial charge in [-0.1, -0.05) is 13.8 Å². The Morgan fingerprint density at radius 1 is 1.21 bits per heavy atom. The van der Waals surface area contributed by atoms with Crippen LogP contribution in [0.15, 0.2) is 45.8 Å². The van der Waals surface area contributed by atoms with Crippen molar-refractivity contribution in [2.45, 2.75) is 53.7 Å². The van der Waals surface area contributed by atoms with E-state index in [9.17, 15) is 0 Å². The summed E-state index contributed by atoms with van der Waals surface area (Å²) >= 11 is 0. The van der Waals surface area contributed by atoms with E-state index in [1.807, 2.05) is 13.1 Å². The van der Waals surface area contributed by atoms with Gasteiger partial charge >= 0.3 is 0 Å². The minimum Gasteiger partial charge on any atom is -0.358 e. The Hall–Kier alpha value is -2.54. The predicted octanol–water partition coefficient (Wildman–Crippen LogP) is 3.09. The van der Waals surface area contributed by atoms with E-state index < -0.39 is 0 Å². The molecule has 4 rings (SSSR count). The van der Waals surface area contributed by atoms with Gasteiger partial charge in [-0.2, -0.15) is 0 Å². The quantitative estimate of drug-likeness (QED) is 0.783. The maximum Gasteiger partial charge on any atom is 0.153 e. The lowest BCUT2D eigenvalue weighted by Gasteiger charge is -2.44. The van der Waals surface area contributed by atoms with E-state index in [-0.39, 0.29) is 6.23 Å². The number of aliphatic imine (C=N–C) groups is 1. The van der Waals surface area contributed by atoms with Crippen molar-refractivity contribution in [1.82, 2.24) is 19.5 Å². The standard InChI is InChI=1S/C21H30N6O/c1-7-9-25-20-19(15(4)16(5)21(25)28-6)22-10-17-12-24(13-26(17)20)27-11-14(3)23-18(27)8-2/h10-12,21H,7-9,13H2,1-6H3. The van der Waals surface area contributed by atoms with Crippen LogP contribution in [0.1, 0.15) is 45.6 Å². The van der Waals surface area contributed by atoms with Crippen molar-refractivity contribution in [3.05, 3.63) is 52.3 Å². The van der Waals surface area contributed by atoms with Gasteiger partial charge in [0.1, 0.15) is 24.0 Å². The number of fused-ring (bicyclic) bond motifs is 2. The normalized spacial score (nSPS) is 21.6. The van der Waals surface area contributed by atoms with Crippen molar-refractivity contribution < 1.29 is 4.74 Å². The molecule has 0 saturated carbocycles. The van der Waals surface area contributed by atoms with Gasteiger partial charge in [-0.15, -0.1) is 0 Å². The Bertz CT molecular complexity index is 906. The van der Waals surface area contributed by atoms with Crippen LogP contribution in [0.25, 0.3) is 0 Å². The minimum absolute atomic E-state index is 0.0519. The van der Waals surface area contributed by atoms with Crippen molar-refractivity contribution in [2.75, 3.05) is 25.3 Å². The number of aryl methyl sites for hydroxylation is 2. The Morgan fingerprint density at radius 3 is 2.68 bits per heavy atom. The van der Waals surface area contributed by atoms with Gasteiger partial charge in [0.2, 0.25) is 0 Å². The van der Waals surface area contributed by atoms with Gasteiger partial charge in [-0.05, 0) is 38.3 Å². The Kier molecular flexibility index (Phi) is 4.79. The van der Waals surface area contributed by atoms with E-state index in [0.717, 1.165) is 54.8 Å². The number of aromatic nitrogens is 2. The molecule has 3 aliphatic heterocycles. The first kappa shape index (κ1) is 18.8. The van der Waals surface area contributed by atoms with Gasteiger partial charge in [0.15, 0.2) is 6.23 Å². The Balaban J connectivity index is 1.75. The van der Waals surface area contributed by atoms with Crippen molar-refractivity contribution in [2.24, 2.45) is 4.99 Å². The SMILES string of the molecule is CCCN1C2=C(N=CC3=CN(n4cc(C)nc4CC)CN32)C(C)=C(C)C1OC. The topological polar surface area (TPSA) is 49.1 Å². The molecule has 0 N–H and O–H groups in total. The molecule has 0 fully saturated rings. The number of methoxy groups -OCH3 is 1. The van der Waals surface area contributed by atoms with Crippen molar-refractivity contribution in [3.8, 4) is 0 Å². The highest BCUT2D eigenvalue weighted by Crippen LogP contribution is 2.39. The number of rotatable bonds is 5. The average Bonchev–Trinajstić information content (AvgIpc) is 3.28. The monoisotopic (exact) mass is 382 g/mol. The predicted molar refractivity (Wildman–Crippen MR) is 111 cm³/mol.